The van der Waals surface area contributed by atoms with Gasteiger partial charge in [-0.1, -0.05) is 33.1 Å². The minimum absolute atomic E-state index is 0.00231. The van der Waals surface area contributed by atoms with Crippen molar-refractivity contribution in [1.82, 2.24) is 85.1 Å². The molecule has 646 valence electrons. The molecule has 0 aromatic carbocycles. The molecule has 0 spiro atoms. The molecule has 33 nitrogen and oxygen atoms in total. The number of unbranched alkanes of at least 4 members (excludes halogenated alkanes) is 4. The maximum Gasteiger partial charge on any atom is 0.188 e. The van der Waals surface area contributed by atoms with Gasteiger partial charge in [-0.05, 0) is 271 Å². The summed E-state index contributed by atoms with van der Waals surface area (Å²) in [6, 6.07) is -0.185. The van der Waals surface area contributed by atoms with Crippen molar-refractivity contribution in [3.63, 3.8) is 0 Å². The van der Waals surface area contributed by atoms with Crippen molar-refractivity contribution in [1.29, 1.82) is 0 Å². The first-order valence-electron chi connectivity index (χ1n) is 38.9. The zero-order chi connectivity index (χ0) is 85.9. The van der Waals surface area contributed by atoms with E-state index in [1.54, 1.807) is 97.7 Å². The third-order valence-corrected chi connectivity index (χ3v) is 16.8. The Kier molecular flexibility index (Phi) is 101. The number of carbonyl (C=O) groups is 9. The van der Waals surface area contributed by atoms with Gasteiger partial charge >= 0.3 is 0 Å². The average molecular weight is 1560 g/mol. The molecule has 109 heavy (non-hydrogen) atoms. The predicted octanol–water partition coefficient (Wildman–Crippen LogP) is 0.412. The lowest BCUT2D eigenvalue weighted by molar-refractivity contribution is -0.119. The van der Waals surface area contributed by atoms with Crippen molar-refractivity contribution < 1.29 is 43.2 Å². The quantitative estimate of drug-likeness (QED) is 0.0223. The monoisotopic (exact) mass is 1560 g/mol. The number of carbonyl (C=O) groups excluding carboxylic acids is 9. The van der Waals surface area contributed by atoms with Gasteiger partial charge in [0.1, 0.15) is 52.0 Å². The van der Waals surface area contributed by atoms with Gasteiger partial charge in [-0.2, -0.15) is 0 Å². The molecular weight excluding hydrogens is 1390 g/mol. The summed E-state index contributed by atoms with van der Waals surface area (Å²) in [6.45, 7) is 25.6. The summed E-state index contributed by atoms with van der Waals surface area (Å²) in [4.78, 5) is 114. The number of rotatable bonds is 54. The molecule has 0 heterocycles. The standard InChI is InChI=1S/C11H23N3O.C10H22N2O.C9H20N4O.C9H19N3O.C9H20N2O.C8H18N2O.C7H16N4O.C7H16N2O.C6H14N2O/c1-4-11(12)14-8-6-5-7-10(13-3)9(2)15;1-9(13)10(12-3)7-5-4-6-8-11-2;1-7(14)8(11-2)5-4-6-13-9(10)12-3;1-4-9(10)12-6-5-8(11-3)7(2)13;1-8(12)9(11-3)6-4-5-7-10-2;1-7(11)8(10-3)5-4-6-9-2;1-5(12)6(9-2)4-11-7(8)10-3;1-6(10)7(9-3)4-5-8-2;1-5(9)6(8-3)4-7-2/h10,13H,4-8H2,1-3H3,(H2,12,14);10-12H,4-8H2,1-3H3;8,11H,4-6H2,1-3H3,(H3,10,12,13);8,11H,4-6H2,1-3H3,(H2,10,12);9-11H,4-7H2,1-3H3;8-10H,4-6H2,1-3H3;6,9H,4H2,1-3H3,(H3,8,10,11);7-9H,4-5H2,1-3H3;6-8H,4H2,1-3H3. The number of nitrogens with one attached hydrogen (secondary N) is 16. The van der Waals surface area contributed by atoms with Crippen LogP contribution in [0.1, 0.15) is 192 Å². The summed E-state index contributed by atoms with van der Waals surface area (Å²) in [7, 11) is 29.0. The fraction of sp³-hybridized carbons (Fsp3) is 0.829. The Hall–Kier alpha value is -6.05. The van der Waals surface area contributed by atoms with Crippen LogP contribution in [0.4, 0.5) is 0 Å². The minimum Gasteiger partial charge on any atom is -0.387 e. The third-order valence-electron chi connectivity index (χ3n) is 16.8. The van der Waals surface area contributed by atoms with Crippen molar-refractivity contribution in [3.05, 3.63) is 0 Å². The van der Waals surface area contributed by atoms with Gasteiger partial charge < -0.3 is 108 Å². The summed E-state index contributed by atoms with van der Waals surface area (Å²) < 4.78 is 0. The second kappa shape index (κ2) is 90.8. The highest BCUT2D eigenvalue weighted by molar-refractivity contribution is 5.85. The Labute approximate surface area is 661 Å². The molecule has 0 saturated carbocycles. The van der Waals surface area contributed by atoms with Gasteiger partial charge in [0, 0.05) is 59.7 Å². The van der Waals surface area contributed by atoms with E-state index >= 15 is 0 Å². The first-order valence-corrected chi connectivity index (χ1v) is 38.9. The number of amidine groups is 2. The van der Waals surface area contributed by atoms with Crippen LogP contribution in [0, 0.1) is 0 Å². The molecular formula is C76H168N24O9. The van der Waals surface area contributed by atoms with Gasteiger partial charge in [-0.25, -0.2) is 0 Å². The van der Waals surface area contributed by atoms with E-state index in [4.69, 9.17) is 22.9 Å². The van der Waals surface area contributed by atoms with E-state index in [9.17, 15) is 43.2 Å². The SMILES string of the molecule is CCC(N)=NCCC(NC)C(C)=O.CCC(N)=NCCCCC(NC)C(C)=O.CN=C(N)NCC(NC)C(C)=O.CN=C(N)NCCCC(NC)C(C)=O.CNCC(NC)C(C)=O.CNCCC(NC)C(C)=O.CNCCCC(NC)C(C)=O.CNCCCCC(NC)C(C)=O.CNCCCCCC(NC)C(C)=O. The number of nitrogens with two attached hydrogens (primary N) is 4. The second-order valence-electron chi connectivity index (χ2n) is 25.7. The molecule has 0 fully saturated rings. The number of Topliss-reactive ketones (excluding diaryl/α,β-unsaturated/α-hetero) is 9. The van der Waals surface area contributed by atoms with Crippen LogP contribution >= 0.6 is 0 Å². The smallest absolute Gasteiger partial charge is 0.188 e. The Bertz CT molecular complexity index is 2340. The van der Waals surface area contributed by atoms with E-state index in [2.05, 4.69) is 105 Å². The van der Waals surface area contributed by atoms with E-state index in [1.807, 2.05) is 84.3 Å². The van der Waals surface area contributed by atoms with Crippen molar-refractivity contribution >= 4 is 75.6 Å². The fourth-order valence-corrected chi connectivity index (χ4v) is 9.34. The van der Waals surface area contributed by atoms with Gasteiger partial charge in [-0.15, -0.1) is 0 Å². The lowest BCUT2D eigenvalue weighted by Crippen LogP contribution is -2.45. The van der Waals surface area contributed by atoms with Crippen LogP contribution in [-0.4, -0.2) is 302 Å². The van der Waals surface area contributed by atoms with Crippen LogP contribution < -0.4 is 108 Å². The van der Waals surface area contributed by atoms with Crippen molar-refractivity contribution in [2.24, 2.45) is 42.9 Å². The summed E-state index contributed by atoms with van der Waals surface area (Å²) in [5.41, 5.74) is 21.9. The maximum absolute atomic E-state index is 11.1. The molecule has 0 aromatic heterocycles. The van der Waals surface area contributed by atoms with Gasteiger partial charge in [0.25, 0.3) is 0 Å². The van der Waals surface area contributed by atoms with Crippen molar-refractivity contribution in [2.45, 2.75) is 246 Å². The number of guanidine groups is 2. The molecule has 0 saturated heterocycles. The number of nitrogens with zero attached hydrogens (tertiary/aromatic N) is 4. The van der Waals surface area contributed by atoms with Gasteiger partial charge in [-0.3, -0.25) is 63.1 Å². The highest BCUT2D eigenvalue weighted by atomic mass is 16.2. The Morgan fingerprint density at radius 1 is 0.266 bits per heavy atom. The number of aliphatic imine (C=N–C) groups is 4. The lowest BCUT2D eigenvalue weighted by Gasteiger charge is -2.13. The first kappa shape index (κ1) is 121. The number of hydrogen-bond donors (Lipinski definition) is 20. The number of ketones is 9. The van der Waals surface area contributed by atoms with Crippen LogP contribution in [0.15, 0.2) is 20.0 Å². The van der Waals surface area contributed by atoms with E-state index in [1.165, 1.54) is 19.8 Å². The largest absolute Gasteiger partial charge is 0.387 e. The second-order valence-corrected chi connectivity index (χ2v) is 25.7. The molecule has 9 atom stereocenters. The third kappa shape index (κ3) is 89.0. The van der Waals surface area contributed by atoms with E-state index < -0.39 is 0 Å². The average Bonchev–Trinajstić information content (AvgIpc) is 1.02. The summed E-state index contributed by atoms with van der Waals surface area (Å²) in [5, 5.41) is 47.5. The van der Waals surface area contributed by atoms with Crippen LogP contribution in [0.3, 0.4) is 0 Å². The van der Waals surface area contributed by atoms with E-state index in [0.29, 0.717) is 49.6 Å². The molecule has 0 aliphatic rings. The summed E-state index contributed by atoms with van der Waals surface area (Å²) in [6.07, 6.45) is 17.4. The van der Waals surface area contributed by atoms with Crippen molar-refractivity contribution in [2.75, 3.05) is 172 Å². The summed E-state index contributed by atoms with van der Waals surface area (Å²) in [5.74, 6) is 3.84. The highest BCUT2D eigenvalue weighted by Gasteiger charge is 2.16. The molecule has 0 aliphatic carbocycles. The molecule has 33 heteroatoms. The molecule has 9 unspecified atom stereocenters. The topological polar surface area (TPSA) is 500 Å². The predicted molar refractivity (Wildman–Crippen MR) is 460 cm³/mol. The number of likely N-dealkylation sites (N-methyl/N-ethyl adjacent to an activating group) is 10. The van der Waals surface area contributed by atoms with Gasteiger partial charge in [0.05, 0.1) is 66.0 Å². The minimum atomic E-state index is -0.203. The van der Waals surface area contributed by atoms with Crippen LogP contribution in [0.5, 0.6) is 0 Å². The van der Waals surface area contributed by atoms with Crippen LogP contribution in [0.25, 0.3) is 0 Å². The van der Waals surface area contributed by atoms with Crippen LogP contribution in [-0.2, 0) is 43.2 Å². The molecule has 24 N–H and O–H groups in total. The maximum atomic E-state index is 11.1. The zero-order valence-electron chi connectivity index (χ0n) is 73.6. The van der Waals surface area contributed by atoms with Gasteiger partial charge in [0.15, 0.2) is 11.9 Å². The Morgan fingerprint density at radius 2 is 0.523 bits per heavy atom. The first-order chi connectivity index (χ1) is 51.5. The highest BCUT2D eigenvalue weighted by Crippen LogP contribution is 2.06. The van der Waals surface area contributed by atoms with E-state index in [0.717, 1.165) is 136 Å². The zero-order valence-corrected chi connectivity index (χ0v) is 73.6. The molecule has 0 amide bonds. The van der Waals surface area contributed by atoms with Gasteiger partial charge in [0.2, 0.25) is 0 Å². The molecule has 0 aromatic rings. The summed E-state index contributed by atoms with van der Waals surface area (Å²) >= 11 is 0. The fourth-order valence-electron chi connectivity index (χ4n) is 9.34. The van der Waals surface area contributed by atoms with Crippen LogP contribution in [0.2, 0.25) is 0 Å². The Balaban J connectivity index is -0.000000148. The van der Waals surface area contributed by atoms with E-state index in [-0.39, 0.29) is 106 Å². The molecule has 0 aliphatic heterocycles. The molecule has 0 rings (SSSR count). The lowest BCUT2D eigenvalue weighted by atomic mass is 10.1. The molecule has 0 radical (unpaired) electrons. The van der Waals surface area contributed by atoms with Crippen molar-refractivity contribution in [3.8, 4) is 0 Å². The number of hydrogen-bond acceptors (Lipinski definition) is 27. The molecule has 0 bridgehead atoms. The Morgan fingerprint density at radius 3 is 0.817 bits per heavy atom. The normalized spacial score (nSPS) is 13.5.